The maximum absolute atomic E-state index is 15.5. The number of rotatable bonds is 9. The van der Waals surface area contributed by atoms with Crippen molar-refractivity contribution in [2.75, 3.05) is 26.2 Å². The van der Waals surface area contributed by atoms with Crippen LogP contribution in [0, 0.1) is 24.1 Å². The van der Waals surface area contributed by atoms with Crippen LogP contribution in [0.25, 0.3) is 0 Å². The van der Waals surface area contributed by atoms with Crippen LogP contribution in [0.3, 0.4) is 0 Å². The number of hydrogen-bond acceptors (Lipinski definition) is 10. The summed E-state index contributed by atoms with van der Waals surface area (Å²) in [6, 6.07) is 2.17. The highest BCUT2D eigenvalue weighted by Crippen LogP contribution is 2.45. The van der Waals surface area contributed by atoms with Crippen LogP contribution in [0.5, 0.6) is 0 Å². The third kappa shape index (κ3) is 5.98. The van der Waals surface area contributed by atoms with Crippen LogP contribution in [0.2, 0.25) is 0 Å². The molecule has 3 unspecified atom stereocenters. The second-order valence-electron chi connectivity index (χ2n) is 11.8. The van der Waals surface area contributed by atoms with Gasteiger partial charge in [0.25, 0.3) is 5.92 Å². The summed E-state index contributed by atoms with van der Waals surface area (Å²) in [5.74, 6) is -9.65. The first-order chi connectivity index (χ1) is 21.2. The molecule has 3 atom stereocenters. The molecule has 3 aliphatic heterocycles. The summed E-state index contributed by atoms with van der Waals surface area (Å²) in [6.07, 6.45) is 0.991. The van der Waals surface area contributed by atoms with Gasteiger partial charge in [-0.1, -0.05) is 12.1 Å². The molecular formula is C30H32F3N5O6S. The first kappa shape index (κ1) is 32.3. The lowest BCUT2D eigenvalue weighted by Gasteiger charge is -2.31. The predicted molar refractivity (Wildman–Crippen MR) is 156 cm³/mol. The fourth-order valence-corrected chi connectivity index (χ4v) is 6.49. The third-order valence-corrected chi connectivity index (χ3v) is 9.10. The van der Waals surface area contributed by atoms with E-state index in [9.17, 15) is 28.7 Å². The van der Waals surface area contributed by atoms with Crippen molar-refractivity contribution in [3.63, 3.8) is 0 Å². The van der Waals surface area contributed by atoms with E-state index in [-0.39, 0.29) is 42.4 Å². The van der Waals surface area contributed by atoms with Gasteiger partial charge in [-0.05, 0) is 44.9 Å². The maximum atomic E-state index is 15.5. The highest BCUT2D eigenvalue weighted by Gasteiger charge is 2.63. The van der Waals surface area contributed by atoms with Crippen LogP contribution >= 0.6 is 11.3 Å². The molecule has 240 valence electrons. The molecule has 1 aromatic heterocycles. The number of aromatic nitrogens is 1. The van der Waals surface area contributed by atoms with Gasteiger partial charge in [-0.3, -0.25) is 29.2 Å². The van der Waals surface area contributed by atoms with Crippen LogP contribution in [0.1, 0.15) is 49.4 Å². The number of amidine groups is 1. The lowest BCUT2D eigenvalue weighted by molar-refractivity contribution is -0.155. The van der Waals surface area contributed by atoms with Crippen molar-refractivity contribution in [2.24, 2.45) is 16.3 Å². The molecule has 0 bridgehead atoms. The second-order valence-corrected chi connectivity index (χ2v) is 12.7. The zero-order chi connectivity index (χ0) is 32.8. The average molecular weight is 648 g/mol. The Morgan fingerprint density at radius 1 is 1.27 bits per heavy atom. The molecule has 5 rings (SSSR count). The number of carbonyl (C=O) groups is 4. The number of aliphatic carboxylic acids is 1. The highest BCUT2D eigenvalue weighted by molar-refractivity contribution is 7.11. The highest BCUT2D eigenvalue weighted by atomic mass is 32.1. The molecule has 2 saturated heterocycles. The Bertz CT molecular complexity index is 1610. The zero-order valence-corrected chi connectivity index (χ0v) is 25.8. The molecule has 2 amide bonds. The number of likely N-dealkylation sites (tertiary alicyclic amines) is 2. The Hall–Kier alpha value is -4.11. The minimum atomic E-state index is -3.52. The summed E-state index contributed by atoms with van der Waals surface area (Å²) in [5, 5.41) is 14.6. The maximum Gasteiger partial charge on any atom is 0.338 e. The number of carboxylic acid groups (broad SMARTS) is 1. The Labute approximate surface area is 260 Å². The largest absolute Gasteiger partial charge is 0.481 e. The SMILES string of the molecule is CCOC(=O)C1=C(CN2CC(F)(F)C3C(=O)N(C(=O)CC(C)(C)C(=O)O)CC32)NC(c2nccs2)=NC1c1cccc(F)c1C. The average Bonchev–Trinajstić information content (AvgIpc) is 3.67. The van der Waals surface area contributed by atoms with Crippen LogP contribution in [-0.2, 0) is 23.9 Å². The number of fused-ring (bicyclic) bond motifs is 1. The van der Waals surface area contributed by atoms with Gasteiger partial charge in [-0.25, -0.2) is 22.9 Å². The first-order valence-corrected chi connectivity index (χ1v) is 15.1. The van der Waals surface area contributed by atoms with E-state index in [1.807, 2.05) is 0 Å². The summed E-state index contributed by atoms with van der Waals surface area (Å²) in [7, 11) is 0. The first-order valence-electron chi connectivity index (χ1n) is 14.3. The number of hydrogen-bond donors (Lipinski definition) is 2. The number of alkyl halides is 2. The third-order valence-electron chi connectivity index (χ3n) is 8.32. The van der Waals surface area contributed by atoms with E-state index < -0.39 is 71.9 Å². The molecule has 4 heterocycles. The molecule has 15 heteroatoms. The quantitative estimate of drug-likeness (QED) is 0.392. The summed E-state index contributed by atoms with van der Waals surface area (Å²) >= 11 is 1.24. The van der Waals surface area contributed by atoms with Gasteiger partial charge in [0, 0.05) is 42.8 Å². The molecule has 1 aromatic carbocycles. The normalized spacial score (nSPS) is 23.1. The fraction of sp³-hybridized carbons (Fsp3) is 0.467. The van der Waals surface area contributed by atoms with Crippen molar-refractivity contribution in [1.29, 1.82) is 0 Å². The van der Waals surface area contributed by atoms with E-state index in [4.69, 9.17) is 9.73 Å². The molecule has 0 spiro atoms. The minimum Gasteiger partial charge on any atom is -0.481 e. The number of imide groups is 1. The number of aliphatic imine (C=N–C) groups is 1. The Morgan fingerprint density at radius 2 is 2.00 bits per heavy atom. The van der Waals surface area contributed by atoms with Crippen molar-refractivity contribution in [1.82, 2.24) is 20.1 Å². The number of carboxylic acids is 1. The van der Waals surface area contributed by atoms with Gasteiger partial charge in [0.2, 0.25) is 11.8 Å². The number of amides is 2. The molecule has 2 N–H and O–H groups in total. The molecule has 45 heavy (non-hydrogen) atoms. The van der Waals surface area contributed by atoms with Gasteiger partial charge in [0.05, 0.1) is 24.1 Å². The summed E-state index contributed by atoms with van der Waals surface area (Å²) in [5.41, 5.74) is -0.774. The fourth-order valence-electron chi connectivity index (χ4n) is 5.90. The molecule has 3 aliphatic rings. The summed E-state index contributed by atoms with van der Waals surface area (Å²) in [6.45, 7) is 4.25. The lowest BCUT2D eigenvalue weighted by Crippen LogP contribution is -2.45. The van der Waals surface area contributed by atoms with Crippen molar-refractivity contribution >= 4 is 40.9 Å². The molecule has 0 saturated carbocycles. The zero-order valence-electron chi connectivity index (χ0n) is 25.0. The Morgan fingerprint density at radius 3 is 2.64 bits per heavy atom. The van der Waals surface area contributed by atoms with E-state index in [2.05, 4.69) is 10.3 Å². The summed E-state index contributed by atoms with van der Waals surface area (Å²) < 4.78 is 51.0. The van der Waals surface area contributed by atoms with Crippen LogP contribution in [0.15, 0.2) is 46.0 Å². The van der Waals surface area contributed by atoms with E-state index in [0.29, 0.717) is 15.5 Å². The second kappa shape index (κ2) is 12.0. The van der Waals surface area contributed by atoms with Crippen molar-refractivity contribution in [3.05, 3.63) is 63.0 Å². The standard InChI is InChI=1S/C30H32F3N5O6S/c1-5-44-27(41)21-18(35-24(25-34-9-10-45-25)36-23(21)16-7-6-8-17(31)15(16)2)12-37-14-30(32,33)22-19(37)13-38(26(22)40)20(39)11-29(3,4)28(42)43/h6-10,19,22-23H,5,11-14H2,1-4H3,(H,35,36)(H,42,43). The number of nitrogens with zero attached hydrogens (tertiary/aromatic N) is 4. The number of thiazole rings is 1. The number of benzene rings is 1. The molecular weight excluding hydrogens is 615 g/mol. The van der Waals surface area contributed by atoms with Gasteiger partial charge in [0.15, 0.2) is 10.8 Å². The van der Waals surface area contributed by atoms with Gasteiger partial charge in [-0.15, -0.1) is 11.3 Å². The van der Waals surface area contributed by atoms with Crippen LogP contribution < -0.4 is 5.32 Å². The van der Waals surface area contributed by atoms with Crippen molar-refractivity contribution in [2.45, 2.75) is 52.1 Å². The van der Waals surface area contributed by atoms with Crippen LogP contribution in [-0.4, -0.2) is 87.7 Å². The molecule has 0 aliphatic carbocycles. The van der Waals surface area contributed by atoms with Crippen molar-refractivity contribution in [3.8, 4) is 0 Å². The molecule has 0 radical (unpaired) electrons. The Balaban J connectivity index is 1.54. The number of nitrogens with one attached hydrogen (secondary N) is 1. The van der Waals surface area contributed by atoms with Gasteiger partial charge in [0.1, 0.15) is 17.8 Å². The Kier molecular flexibility index (Phi) is 8.61. The van der Waals surface area contributed by atoms with Gasteiger partial charge in [-0.2, -0.15) is 0 Å². The predicted octanol–water partition coefficient (Wildman–Crippen LogP) is 3.30. The van der Waals surface area contributed by atoms with Crippen LogP contribution in [0.4, 0.5) is 13.2 Å². The van der Waals surface area contributed by atoms with E-state index in [1.165, 1.54) is 42.2 Å². The minimum absolute atomic E-state index is 0.00172. The monoisotopic (exact) mass is 647 g/mol. The molecule has 11 nitrogen and oxygen atoms in total. The van der Waals surface area contributed by atoms with Gasteiger partial charge >= 0.3 is 11.9 Å². The molecule has 2 aromatic rings. The van der Waals surface area contributed by atoms with E-state index >= 15 is 8.78 Å². The number of esters is 1. The number of ether oxygens (including phenoxy) is 1. The lowest BCUT2D eigenvalue weighted by atomic mass is 9.89. The number of carbonyl (C=O) groups excluding carboxylic acids is 3. The van der Waals surface area contributed by atoms with Crippen molar-refractivity contribution < 1.29 is 42.2 Å². The van der Waals surface area contributed by atoms with E-state index in [1.54, 1.807) is 31.5 Å². The summed E-state index contributed by atoms with van der Waals surface area (Å²) in [4.78, 5) is 62.3. The molecule has 2 fully saturated rings. The van der Waals surface area contributed by atoms with E-state index in [0.717, 1.165) is 0 Å². The van der Waals surface area contributed by atoms with Gasteiger partial charge < -0.3 is 15.2 Å². The smallest absolute Gasteiger partial charge is 0.338 e. The number of halogens is 3. The topological polar surface area (TPSA) is 142 Å².